The van der Waals surface area contributed by atoms with Crippen LogP contribution >= 0.6 is 0 Å². The average Bonchev–Trinajstić information content (AvgIpc) is 2.54. The molecule has 1 heterocycles. The zero-order chi connectivity index (χ0) is 17.9. The Balaban J connectivity index is 2.40. The van der Waals surface area contributed by atoms with E-state index in [-0.39, 0.29) is 17.7 Å². The lowest BCUT2D eigenvalue weighted by molar-refractivity contribution is -0.394. The normalized spacial score (nSPS) is 10.2. The fourth-order valence-corrected chi connectivity index (χ4v) is 2.24. The number of nitro groups is 2. The maximum atomic E-state index is 12.6. The standard InChI is InChI=1S/C15H14N4O5/c1-10-13(6-12(18(21)22)7-14(10)19(23)24)15(20)17(2)9-11-4-3-5-16-8-11/h3-8H,9H2,1-2H3. The van der Waals surface area contributed by atoms with Gasteiger partial charge in [-0.05, 0) is 18.6 Å². The molecular formula is C15H14N4O5. The summed E-state index contributed by atoms with van der Waals surface area (Å²) in [7, 11) is 1.51. The number of pyridine rings is 1. The lowest BCUT2D eigenvalue weighted by Gasteiger charge is -2.18. The lowest BCUT2D eigenvalue weighted by atomic mass is 10.0. The molecule has 1 amide bonds. The molecule has 0 aliphatic rings. The molecule has 24 heavy (non-hydrogen) atoms. The summed E-state index contributed by atoms with van der Waals surface area (Å²) in [6, 6.07) is 5.41. The zero-order valence-electron chi connectivity index (χ0n) is 13.0. The highest BCUT2D eigenvalue weighted by molar-refractivity contribution is 5.97. The van der Waals surface area contributed by atoms with Crippen LogP contribution in [0.5, 0.6) is 0 Å². The third-order valence-corrected chi connectivity index (χ3v) is 3.49. The predicted octanol–water partition coefficient (Wildman–Crippen LogP) is 2.48. The molecule has 2 aromatic rings. The second kappa shape index (κ2) is 6.82. The lowest BCUT2D eigenvalue weighted by Crippen LogP contribution is -2.27. The molecular weight excluding hydrogens is 316 g/mol. The minimum Gasteiger partial charge on any atom is -0.337 e. The highest BCUT2D eigenvalue weighted by Crippen LogP contribution is 2.28. The van der Waals surface area contributed by atoms with Crippen molar-refractivity contribution in [1.82, 2.24) is 9.88 Å². The van der Waals surface area contributed by atoms with E-state index in [0.717, 1.165) is 17.7 Å². The second-order valence-corrected chi connectivity index (χ2v) is 5.17. The summed E-state index contributed by atoms with van der Waals surface area (Å²) in [5.74, 6) is -0.539. The van der Waals surface area contributed by atoms with Crippen LogP contribution < -0.4 is 0 Å². The van der Waals surface area contributed by atoms with Crippen molar-refractivity contribution in [2.24, 2.45) is 0 Å². The first-order valence-corrected chi connectivity index (χ1v) is 6.89. The minimum atomic E-state index is -0.760. The summed E-state index contributed by atoms with van der Waals surface area (Å²) in [6.07, 6.45) is 3.19. The van der Waals surface area contributed by atoms with Gasteiger partial charge < -0.3 is 4.90 Å². The molecule has 0 unspecified atom stereocenters. The van der Waals surface area contributed by atoms with Crippen molar-refractivity contribution in [2.45, 2.75) is 13.5 Å². The van der Waals surface area contributed by atoms with E-state index in [1.54, 1.807) is 24.5 Å². The first kappa shape index (κ1) is 17.0. The Morgan fingerprint density at radius 3 is 2.50 bits per heavy atom. The van der Waals surface area contributed by atoms with E-state index in [1.165, 1.54) is 18.9 Å². The summed E-state index contributed by atoms with van der Waals surface area (Å²) < 4.78 is 0. The number of benzene rings is 1. The largest absolute Gasteiger partial charge is 0.337 e. The van der Waals surface area contributed by atoms with Gasteiger partial charge in [0, 0.05) is 37.6 Å². The fraction of sp³-hybridized carbons (Fsp3) is 0.200. The van der Waals surface area contributed by atoms with Crippen LogP contribution in [0.4, 0.5) is 11.4 Å². The number of rotatable bonds is 5. The van der Waals surface area contributed by atoms with Gasteiger partial charge in [-0.15, -0.1) is 0 Å². The van der Waals surface area contributed by atoms with E-state index in [9.17, 15) is 25.0 Å². The molecule has 124 valence electrons. The molecule has 2 rings (SSSR count). The molecule has 1 aromatic carbocycles. The van der Waals surface area contributed by atoms with Crippen molar-refractivity contribution in [3.05, 3.63) is 73.6 Å². The molecule has 0 spiro atoms. The smallest absolute Gasteiger partial charge is 0.279 e. The first-order chi connectivity index (χ1) is 11.3. The molecule has 0 aliphatic heterocycles. The molecule has 0 N–H and O–H groups in total. The van der Waals surface area contributed by atoms with E-state index in [0.29, 0.717) is 0 Å². The Bertz CT molecular complexity index is 807. The number of nitro benzene ring substituents is 2. The fourth-order valence-electron chi connectivity index (χ4n) is 2.24. The summed E-state index contributed by atoms with van der Waals surface area (Å²) in [4.78, 5) is 38.4. The van der Waals surface area contributed by atoms with Gasteiger partial charge in [-0.1, -0.05) is 6.07 Å². The van der Waals surface area contributed by atoms with Gasteiger partial charge in [-0.2, -0.15) is 0 Å². The average molecular weight is 330 g/mol. The number of hydrogen-bond donors (Lipinski definition) is 0. The molecule has 0 radical (unpaired) electrons. The third-order valence-electron chi connectivity index (χ3n) is 3.49. The van der Waals surface area contributed by atoms with Crippen LogP contribution in [0.2, 0.25) is 0 Å². The van der Waals surface area contributed by atoms with Crippen LogP contribution in [-0.4, -0.2) is 32.7 Å². The predicted molar refractivity (Wildman–Crippen MR) is 84.5 cm³/mol. The van der Waals surface area contributed by atoms with Crippen LogP contribution in [0, 0.1) is 27.2 Å². The molecule has 0 fully saturated rings. The van der Waals surface area contributed by atoms with Crippen LogP contribution in [0.3, 0.4) is 0 Å². The van der Waals surface area contributed by atoms with Crippen LogP contribution in [0.25, 0.3) is 0 Å². The number of carbonyl (C=O) groups is 1. The molecule has 0 saturated carbocycles. The molecule has 0 aliphatic carbocycles. The summed E-state index contributed by atoms with van der Waals surface area (Å²) in [6.45, 7) is 1.62. The van der Waals surface area contributed by atoms with E-state index in [2.05, 4.69) is 4.98 Å². The highest BCUT2D eigenvalue weighted by Gasteiger charge is 2.26. The van der Waals surface area contributed by atoms with Gasteiger partial charge in [0.2, 0.25) is 0 Å². The van der Waals surface area contributed by atoms with Gasteiger partial charge in [0.05, 0.1) is 21.5 Å². The Morgan fingerprint density at radius 2 is 1.96 bits per heavy atom. The van der Waals surface area contributed by atoms with Crippen molar-refractivity contribution < 1.29 is 14.6 Å². The number of non-ortho nitro benzene ring substituents is 1. The zero-order valence-corrected chi connectivity index (χ0v) is 13.0. The van der Waals surface area contributed by atoms with E-state index in [1.807, 2.05) is 0 Å². The first-order valence-electron chi connectivity index (χ1n) is 6.89. The minimum absolute atomic E-state index is 0.0673. The monoisotopic (exact) mass is 330 g/mol. The van der Waals surface area contributed by atoms with Gasteiger partial charge in [0.1, 0.15) is 0 Å². The molecule has 9 heteroatoms. The van der Waals surface area contributed by atoms with Crippen LogP contribution in [0.1, 0.15) is 21.5 Å². The number of carbonyl (C=O) groups excluding carboxylic acids is 1. The van der Waals surface area contributed by atoms with Crippen molar-refractivity contribution in [3.8, 4) is 0 Å². The number of nitrogens with zero attached hydrogens (tertiary/aromatic N) is 4. The van der Waals surface area contributed by atoms with Gasteiger partial charge in [-0.3, -0.25) is 30.0 Å². The van der Waals surface area contributed by atoms with Gasteiger partial charge in [0.15, 0.2) is 0 Å². The maximum absolute atomic E-state index is 12.6. The van der Waals surface area contributed by atoms with Crippen molar-refractivity contribution in [3.63, 3.8) is 0 Å². The molecule has 0 atom stereocenters. The second-order valence-electron chi connectivity index (χ2n) is 5.17. The topological polar surface area (TPSA) is 119 Å². The molecule has 1 aromatic heterocycles. The van der Waals surface area contributed by atoms with E-state index < -0.39 is 27.1 Å². The van der Waals surface area contributed by atoms with Gasteiger partial charge in [-0.25, -0.2) is 0 Å². The number of amides is 1. The Hall–Kier alpha value is -3.36. The van der Waals surface area contributed by atoms with Gasteiger partial charge >= 0.3 is 0 Å². The SMILES string of the molecule is Cc1c(C(=O)N(C)Cc2cccnc2)cc([N+](=O)[O-])cc1[N+](=O)[O-]. The maximum Gasteiger partial charge on any atom is 0.279 e. The highest BCUT2D eigenvalue weighted by atomic mass is 16.6. The van der Waals surface area contributed by atoms with Gasteiger partial charge in [0.25, 0.3) is 17.3 Å². The molecule has 0 bridgehead atoms. The quantitative estimate of drug-likeness (QED) is 0.613. The van der Waals surface area contributed by atoms with Crippen molar-refractivity contribution in [2.75, 3.05) is 7.05 Å². The number of aromatic nitrogens is 1. The summed E-state index contributed by atoms with van der Waals surface area (Å²) >= 11 is 0. The third kappa shape index (κ3) is 3.51. The van der Waals surface area contributed by atoms with E-state index >= 15 is 0 Å². The Morgan fingerprint density at radius 1 is 1.25 bits per heavy atom. The molecule has 9 nitrogen and oxygen atoms in total. The summed E-state index contributed by atoms with van der Waals surface area (Å²) in [5, 5.41) is 22.1. The Labute approximate surface area is 136 Å². The summed E-state index contributed by atoms with van der Waals surface area (Å²) in [5.41, 5.74) is -0.158. The molecule has 0 saturated heterocycles. The number of hydrogen-bond acceptors (Lipinski definition) is 6. The van der Waals surface area contributed by atoms with Crippen molar-refractivity contribution >= 4 is 17.3 Å². The van der Waals surface area contributed by atoms with Crippen LogP contribution in [-0.2, 0) is 6.54 Å². The van der Waals surface area contributed by atoms with Crippen molar-refractivity contribution in [1.29, 1.82) is 0 Å². The Kier molecular flexibility index (Phi) is 4.83. The van der Waals surface area contributed by atoms with Crippen LogP contribution in [0.15, 0.2) is 36.7 Å². The van der Waals surface area contributed by atoms with E-state index in [4.69, 9.17) is 0 Å².